The maximum atomic E-state index is 14.2. The van der Waals surface area contributed by atoms with E-state index >= 15 is 0 Å². The standard InChI is InChI=1S/C20H17FN6O3/c1-12-23-24-25-27(12)15-6-7-16(21)17(10-15)22-20(30)14-4-2-13(3-5-14)11-26-18(28)8-9-19(26)29/h2-7,10H,8-9,11H2,1H3,(H,22,30). The highest BCUT2D eigenvalue weighted by Gasteiger charge is 2.28. The van der Waals surface area contributed by atoms with E-state index in [4.69, 9.17) is 0 Å². The first-order chi connectivity index (χ1) is 14.4. The largest absolute Gasteiger partial charge is 0.319 e. The van der Waals surface area contributed by atoms with Gasteiger partial charge in [-0.05, 0) is 53.2 Å². The zero-order valence-electron chi connectivity index (χ0n) is 16.0. The van der Waals surface area contributed by atoms with Crippen molar-refractivity contribution in [3.05, 3.63) is 65.2 Å². The normalized spacial score (nSPS) is 13.7. The Morgan fingerprint density at radius 2 is 1.80 bits per heavy atom. The molecule has 1 saturated heterocycles. The van der Waals surface area contributed by atoms with Crippen LogP contribution in [-0.4, -0.2) is 42.8 Å². The third-order valence-corrected chi connectivity index (χ3v) is 4.78. The van der Waals surface area contributed by atoms with Gasteiger partial charge in [0.1, 0.15) is 5.82 Å². The molecule has 3 amide bonds. The third-order valence-electron chi connectivity index (χ3n) is 4.78. The summed E-state index contributed by atoms with van der Waals surface area (Å²) < 4.78 is 15.6. The van der Waals surface area contributed by atoms with Crippen LogP contribution in [0.1, 0.15) is 34.6 Å². The van der Waals surface area contributed by atoms with Crippen LogP contribution >= 0.6 is 0 Å². The first-order valence-corrected chi connectivity index (χ1v) is 9.21. The van der Waals surface area contributed by atoms with Crippen LogP contribution in [0, 0.1) is 12.7 Å². The Kier molecular flexibility index (Phi) is 5.05. The lowest BCUT2D eigenvalue weighted by molar-refractivity contribution is -0.139. The number of tetrazole rings is 1. The van der Waals surface area contributed by atoms with Crippen LogP contribution < -0.4 is 5.32 Å². The number of benzene rings is 2. The van der Waals surface area contributed by atoms with Gasteiger partial charge in [0.05, 0.1) is 17.9 Å². The summed E-state index contributed by atoms with van der Waals surface area (Å²) in [5, 5.41) is 13.7. The molecule has 1 aliphatic heterocycles. The van der Waals surface area contributed by atoms with Gasteiger partial charge in [0.15, 0.2) is 5.82 Å². The number of aromatic nitrogens is 4. The predicted octanol–water partition coefficient (Wildman–Crippen LogP) is 2.01. The van der Waals surface area contributed by atoms with Crippen LogP contribution in [0.5, 0.6) is 0 Å². The average Bonchev–Trinajstić information content (AvgIpc) is 3.30. The third kappa shape index (κ3) is 3.79. The maximum absolute atomic E-state index is 14.2. The first-order valence-electron chi connectivity index (χ1n) is 9.21. The summed E-state index contributed by atoms with van der Waals surface area (Å²) in [4.78, 5) is 37.2. The number of aryl methyl sites for hydroxylation is 1. The number of carbonyl (C=O) groups excluding carboxylic acids is 3. The maximum Gasteiger partial charge on any atom is 0.255 e. The lowest BCUT2D eigenvalue weighted by Gasteiger charge is -2.14. The number of rotatable bonds is 5. The summed E-state index contributed by atoms with van der Waals surface area (Å²) in [6.45, 7) is 1.87. The van der Waals surface area contributed by atoms with E-state index in [0.717, 1.165) is 5.56 Å². The summed E-state index contributed by atoms with van der Waals surface area (Å²) in [5.74, 6) is -0.978. The second-order valence-corrected chi connectivity index (χ2v) is 6.83. The van der Waals surface area contributed by atoms with Gasteiger partial charge in [0.25, 0.3) is 5.91 Å². The summed E-state index contributed by atoms with van der Waals surface area (Å²) >= 11 is 0. The van der Waals surface area contributed by atoms with Crippen molar-refractivity contribution >= 4 is 23.4 Å². The Morgan fingerprint density at radius 1 is 1.10 bits per heavy atom. The molecule has 10 heteroatoms. The number of carbonyl (C=O) groups is 3. The summed E-state index contributed by atoms with van der Waals surface area (Å²) in [6.07, 6.45) is 0.461. The molecule has 2 heterocycles. The topological polar surface area (TPSA) is 110 Å². The van der Waals surface area contributed by atoms with Gasteiger partial charge in [0, 0.05) is 18.4 Å². The Balaban J connectivity index is 1.48. The predicted molar refractivity (Wildman–Crippen MR) is 103 cm³/mol. The molecular formula is C20H17FN6O3. The lowest BCUT2D eigenvalue weighted by Crippen LogP contribution is -2.28. The molecule has 0 spiro atoms. The van der Waals surface area contributed by atoms with E-state index in [2.05, 4.69) is 20.8 Å². The van der Waals surface area contributed by atoms with Crippen molar-refractivity contribution in [2.75, 3.05) is 5.32 Å². The van der Waals surface area contributed by atoms with Crippen molar-refractivity contribution in [3.63, 3.8) is 0 Å². The van der Waals surface area contributed by atoms with E-state index in [9.17, 15) is 18.8 Å². The van der Waals surface area contributed by atoms with Crippen LogP contribution in [0.2, 0.25) is 0 Å². The summed E-state index contributed by atoms with van der Waals surface area (Å²) in [5.41, 5.74) is 1.52. The van der Waals surface area contributed by atoms with E-state index in [-0.39, 0.29) is 36.9 Å². The Bertz CT molecular complexity index is 1130. The molecule has 1 fully saturated rings. The van der Waals surface area contributed by atoms with Gasteiger partial charge in [0.2, 0.25) is 11.8 Å². The van der Waals surface area contributed by atoms with Crippen LogP contribution in [0.4, 0.5) is 10.1 Å². The number of nitrogens with one attached hydrogen (secondary N) is 1. The fourth-order valence-corrected chi connectivity index (χ4v) is 3.15. The van der Waals surface area contributed by atoms with Crippen molar-refractivity contribution in [2.45, 2.75) is 26.3 Å². The minimum atomic E-state index is -0.597. The summed E-state index contributed by atoms with van der Waals surface area (Å²) in [7, 11) is 0. The molecule has 0 bridgehead atoms. The Hall–Kier alpha value is -3.95. The molecule has 9 nitrogen and oxygen atoms in total. The molecular weight excluding hydrogens is 391 g/mol. The molecule has 0 aliphatic carbocycles. The molecule has 2 aromatic carbocycles. The minimum Gasteiger partial charge on any atom is -0.319 e. The molecule has 1 N–H and O–H groups in total. The van der Waals surface area contributed by atoms with Gasteiger partial charge >= 0.3 is 0 Å². The van der Waals surface area contributed by atoms with E-state index in [1.54, 1.807) is 31.2 Å². The Morgan fingerprint density at radius 3 is 2.43 bits per heavy atom. The summed E-state index contributed by atoms with van der Waals surface area (Å²) in [6, 6.07) is 10.6. The quantitative estimate of drug-likeness (QED) is 0.647. The van der Waals surface area contributed by atoms with Crippen LogP contribution in [-0.2, 0) is 16.1 Å². The average molecular weight is 408 g/mol. The number of hydrogen-bond donors (Lipinski definition) is 1. The molecule has 30 heavy (non-hydrogen) atoms. The molecule has 1 aromatic heterocycles. The Labute approximate surface area is 170 Å². The number of hydrogen-bond acceptors (Lipinski definition) is 6. The highest BCUT2D eigenvalue weighted by Crippen LogP contribution is 2.21. The molecule has 0 atom stereocenters. The van der Waals surface area contributed by atoms with E-state index in [1.807, 2.05) is 0 Å². The van der Waals surface area contributed by atoms with Crippen molar-refractivity contribution in [1.29, 1.82) is 0 Å². The van der Waals surface area contributed by atoms with Gasteiger partial charge in [-0.2, -0.15) is 4.68 Å². The van der Waals surface area contributed by atoms with E-state index in [0.29, 0.717) is 17.1 Å². The lowest BCUT2D eigenvalue weighted by atomic mass is 10.1. The van der Waals surface area contributed by atoms with Crippen molar-refractivity contribution in [3.8, 4) is 5.69 Å². The van der Waals surface area contributed by atoms with Crippen molar-refractivity contribution < 1.29 is 18.8 Å². The fourth-order valence-electron chi connectivity index (χ4n) is 3.15. The van der Waals surface area contributed by atoms with Gasteiger partial charge in [-0.3, -0.25) is 19.3 Å². The van der Waals surface area contributed by atoms with E-state index < -0.39 is 11.7 Å². The fraction of sp³-hybridized carbons (Fsp3) is 0.200. The van der Waals surface area contributed by atoms with Crippen molar-refractivity contribution in [1.82, 2.24) is 25.1 Å². The van der Waals surface area contributed by atoms with E-state index in [1.165, 1.54) is 27.8 Å². The molecule has 0 radical (unpaired) electrons. The first kappa shape index (κ1) is 19.4. The minimum absolute atomic E-state index is 0.00950. The smallest absolute Gasteiger partial charge is 0.255 e. The molecule has 0 unspecified atom stereocenters. The highest BCUT2D eigenvalue weighted by atomic mass is 19.1. The number of amides is 3. The van der Waals surface area contributed by atoms with Gasteiger partial charge < -0.3 is 5.32 Å². The highest BCUT2D eigenvalue weighted by molar-refractivity contribution is 6.04. The van der Waals surface area contributed by atoms with Gasteiger partial charge in [-0.25, -0.2) is 4.39 Å². The van der Waals surface area contributed by atoms with Crippen LogP contribution in [0.15, 0.2) is 42.5 Å². The zero-order chi connectivity index (χ0) is 21.3. The number of nitrogens with zero attached hydrogens (tertiary/aromatic N) is 5. The van der Waals surface area contributed by atoms with Gasteiger partial charge in [-0.1, -0.05) is 12.1 Å². The number of likely N-dealkylation sites (tertiary alicyclic amines) is 1. The molecule has 1 aliphatic rings. The number of anilines is 1. The second-order valence-electron chi connectivity index (χ2n) is 6.83. The van der Waals surface area contributed by atoms with Crippen LogP contribution in [0.25, 0.3) is 5.69 Å². The molecule has 3 aromatic rings. The van der Waals surface area contributed by atoms with Crippen LogP contribution in [0.3, 0.4) is 0 Å². The molecule has 4 rings (SSSR count). The number of halogens is 1. The monoisotopic (exact) mass is 408 g/mol. The zero-order valence-corrected chi connectivity index (χ0v) is 16.0. The number of imide groups is 1. The molecule has 0 saturated carbocycles. The van der Waals surface area contributed by atoms with Gasteiger partial charge in [-0.15, -0.1) is 5.10 Å². The second kappa shape index (κ2) is 7.82. The SMILES string of the molecule is Cc1nnnn1-c1ccc(F)c(NC(=O)c2ccc(CN3C(=O)CCC3=O)cc2)c1. The molecule has 152 valence electrons. The van der Waals surface area contributed by atoms with Crippen molar-refractivity contribution in [2.24, 2.45) is 0 Å².